The van der Waals surface area contributed by atoms with Crippen LogP contribution in [0.3, 0.4) is 0 Å². The van der Waals surface area contributed by atoms with Crippen molar-refractivity contribution in [2.75, 3.05) is 13.2 Å². The average Bonchev–Trinajstić information content (AvgIpc) is 2.01. The van der Waals surface area contributed by atoms with Crippen LogP contribution in [-0.2, 0) is 0 Å². The Morgan fingerprint density at radius 1 is 1.55 bits per heavy atom. The van der Waals surface area contributed by atoms with E-state index in [4.69, 9.17) is 15.9 Å². The van der Waals surface area contributed by atoms with Crippen LogP contribution in [-0.4, -0.2) is 46.5 Å². The maximum atomic E-state index is 9.24. The van der Waals surface area contributed by atoms with Gasteiger partial charge in [-0.15, -0.1) is 0 Å². The summed E-state index contributed by atoms with van der Waals surface area (Å²) in [6.45, 7) is 0.0928. The molecule has 0 spiro atoms. The van der Waals surface area contributed by atoms with Gasteiger partial charge in [0.1, 0.15) is 11.9 Å². The van der Waals surface area contributed by atoms with Gasteiger partial charge in [0.25, 0.3) is 0 Å². The molecule has 1 heterocycles. The van der Waals surface area contributed by atoms with E-state index in [0.717, 1.165) is 0 Å². The molecule has 5 nitrogen and oxygen atoms in total. The van der Waals surface area contributed by atoms with Gasteiger partial charge in [-0.2, -0.15) is 0 Å². The van der Waals surface area contributed by atoms with Gasteiger partial charge >= 0.3 is 0 Å². The maximum Gasteiger partial charge on any atom is 0.137 e. The first-order valence-electron chi connectivity index (χ1n) is 3.43. The van der Waals surface area contributed by atoms with Gasteiger partial charge in [-0.1, -0.05) is 0 Å². The Labute approximate surface area is 64.2 Å². The molecule has 0 aromatic rings. The molecule has 5 N–H and O–H groups in total. The van der Waals surface area contributed by atoms with Gasteiger partial charge in [-0.3, -0.25) is 4.99 Å². The highest BCUT2D eigenvalue weighted by molar-refractivity contribution is 5.85. The summed E-state index contributed by atoms with van der Waals surface area (Å²) in [6.07, 6.45) is -2.11. The first-order valence-corrected chi connectivity index (χ1v) is 3.43. The Hall–Kier alpha value is -0.650. The lowest BCUT2D eigenvalue weighted by atomic mass is 9.95. The fourth-order valence-electron chi connectivity index (χ4n) is 1.02. The quantitative estimate of drug-likeness (QED) is 0.346. The second kappa shape index (κ2) is 3.17. The number of aliphatic hydroxyl groups excluding tert-OH is 3. The van der Waals surface area contributed by atoms with Crippen molar-refractivity contribution in [1.29, 1.82) is 0 Å². The van der Waals surface area contributed by atoms with Crippen LogP contribution in [0.4, 0.5) is 0 Å². The van der Waals surface area contributed by atoms with E-state index in [0.29, 0.717) is 0 Å². The summed E-state index contributed by atoms with van der Waals surface area (Å²) in [6, 6.07) is 0. The standard InChI is InChI=1S/C6H12N2O3/c7-6-5(11)4(10)3(2-9)1-8-6/h3-5,9-11H,1-2H2,(H2,7,8)/t3-,4-,5+/m1/s1. The van der Waals surface area contributed by atoms with Crippen LogP contribution in [0.5, 0.6) is 0 Å². The number of rotatable bonds is 1. The van der Waals surface area contributed by atoms with E-state index in [1.165, 1.54) is 0 Å². The summed E-state index contributed by atoms with van der Waals surface area (Å²) >= 11 is 0. The molecule has 1 aliphatic rings. The van der Waals surface area contributed by atoms with Gasteiger partial charge in [0.05, 0.1) is 12.7 Å². The smallest absolute Gasteiger partial charge is 0.137 e. The summed E-state index contributed by atoms with van der Waals surface area (Å²) in [5.74, 6) is -0.348. The first kappa shape index (κ1) is 8.45. The average molecular weight is 160 g/mol. The summed E-state index contributed by atoms with van der Waals surface area (Å²) in [5, 5.41) is 27.1. The Morgan fingerprint density at radius 2 is 2.18 bits per heavy atom. The largest absolute Gasteiger partial charge is 0.396 e. The number of hydrogen-bond acceptors (Lipinski definition) is 5. The van der Waals surface area contributed by atoms with Crippen LogP contribution in [0.1, 0.15) is 0 Å². The Bertz CT molecular complexity index is 171. The molecule has 0 amide bonds. The number of aliphatic imine (C=N–C) groups is 1. The third-order valence-corrected chi connectivity index (χ3v) is 1.85. The molecule has 64 valence electrons. The number of nitrogens with two attached hydrogens (primary N) is 1. The molecule has 0 aromatic carbocycles. The van der Waals surface area contributed by atoms with Crippen molar-refractivity contribution in [2.45, 2.75) is 12.2 Å². The minimum atomic E-state index is -1.12. The Morgan fingerprint density at radius 3 is 2.73 bits per heavy atom. The van der Waals surface area contributed by atoms with Crippen LogP contribution >= 0.6 is 0 Å². The summed E-state index contributed by atoms with van der Waals surface area (Å²) in [4.78, 5) is 3.74. The van der Waals surface area contributed by atoms with E-state index >= 15 is 0 Å². The van der Waals surface area contributed by atoms with Crippen molar-refractivity contribution >= 4 is 5.84 Å². The first-order chi connectivity index (χ1) is 5.16. The molecule has 0 saturated carbocycles. The zero-order valence-electron chi connectivity index (χ0n) is 6.01. The zero-order chi connectivity index (χ0) is 8.43. The van der Waals surface area contributed by atoms with Gasteiger partial charge in [-0.05, 0) is 0 Å². The molecule has 11 heavy (non-hydrogen) atoms. The molecular formula is C6H12N2O3. The van der Waals surface area contributed by atoms with E-state index in [1.54, 1.807) is 0 Å². The maximum absolute atomic E-state index is 9.24. The van der Waals surface area contributed by atoms with E-state index in [2.05, 4.69) is 4.99 Å². The molecule has 0 aliphatic carbocycles. The second-order valence-corrected chi connectivity index (χ2v) is 2.64. The van der Waals surface area contributed by atoms with Crippen molar-refractivity contribution in [3.8, 4) is 0 Å². The highest BCUT2D eigenvalue weighted by atomic mass is 16.3. The van der Waals surface area contributed by atoms with Gasteiger partial charge in [0.15, 0.2) is 0 Å². The van der Waals surface area contributed by atoms with Crippen molar-refractivity contribution in [2.24, 2.45) is 16.6 Å². The minimum absolute atomic E-state index is 0.0437. The van der Waals surface area contributed by atoms with Crippen LogP contribution in [0, 0.1) is 5.92 Å². The lowest BCUT2D eigenvalue weighted by Crippen LogP contribution is -2.48. The Balaban J connectivity index is 2.68. The van der Waals surface area contributed by atoms with Crippen molar-refractivity contribution < 1.29 is 15.3 Å². The summed E-state index contributed by atoms with van der Waals surface area (Å²) < 4.78 is 0. The normalized spacial score (nSPS) is 38.5. The molecule has 3 atom stereocenters. The number of nitrogens with zero attached hydrogens (tertiary/aromatic N) is 1. The van der Waals surface area contributed by atoms with Crippen molar-refractivity contribution in [3.63, 3.8) is 0 Å². The fraction of sp³-hybridized carbons (Fsp3) is 0.833. The van der Waals surface area contributed by atoms with E-state index < -0.39 is 18.1 Å². The van der Waals surface area contributed by atoms with Crippen LogP contribution in [0.15, 0.2) is 4.99 Å². The molecule has 0 bridgehead atoms. The third kappa shape index (κ3) is 1.50. The monoisotopic (exact) mass is 160 g/mol. The molecule has 0 unspecified atom stereocenters. The SMILES string of the molecule is NC1=NC[C@H](CO)[C@@H](O)[C@@H]1O. The zero-order valence-corrected chi connectivity index (χ0v) is 6.01. The molecule has 0 aromatic heterocycles. The van der Waals surface area contributed by atoms with Crippen molar-refractivity contribution in [1.82, 2.24) is 0 Å². The lowest BCUT2D eigenvalue weighted by Gasteiger charge is -2.28. The molecule has 0 saturated heterocycles. The van der Waals surface area contributed by atoms with E-state index in [1.807, 2.05) is 0 Å². The number of amidine groups is 1. The third-order valence-electron chi connectivity index (χ3n) is 1.85. The van der Waals surface area contributed by atoms with Crippen LogP contribution < -0.4 is 5.73 Å². The molecular weight excluding hydrogens is 148 g/mol. The van der Waals surface area contributed by atoms with E-state index in [9.17, 15) is 5.11 Å². The molecule has 1 rings (SSSR count). The van der Waals surface area contributed by atoms with Crippen LogP contribution in [0.2, 0.25) is 0 Å². The topological polar surface area (TPSA) is 99.1 Å². The van der Waals surface area contributed by atoms with Gasteiger partial charge in [0, 0.05) is 12.5 Å². The predicted molar refractivity (Wildman–Crippen MR) is 39.1 cm³/mol. The molecule has 0 fully saturated rings. The van der Waals surface area contributed by atoms with Gasteiger partial charge in [0.2, 0.25) is 0 Å². The Kier molecular flexibility index (Phi) is 2.43. The van der Waals surface area contributed by atoms with Gasteiger partial charge in [-0.25, -0.2) is 0 Å². The highest BCUT2D eigenvalue weighted by Crippen LogP contribution is 2.13. The predicted octanol–water partition coefficient (Wildman–Crippen LogP) is -2.31. The van der Waals surface area contributed by atoms with Crippen molar-refractivity contribution in [3.05, 3.63) is 0 Å². The molecule has 0 radical (unpaired) electrons. The number of hydrogen-bond donors (Lipinski definition) is 4. The fourth-order valence-corrected chi connectivity index (χ4v) is 1.02. The summed E-state index contributed by atoms with van der Waals surface area (Å²) in [7, 11) is 0. The highest BCUT2D eigenvalue weighted by Gasteiger charge is 2.31. The van der Waals surface area contributed by atoms with E-state index in [-0.39, 0.29) is 19.0 Å². The lowest BCUT2D eigenvalue weighted by molar-refractivity contribution is -0.00548. The van der Waals surface area contributed by atoms with Gasteiger partial charge < -0.3 is 21.1 Å². The second-order valence-electron chi connectivity index (χ2n) is 2.64. The minimum Gasteiger partial charge on any atom is -0.396 e. The molecule has 1 aliphatic heterocycles. The van der Waals surface area contributed by atoms with Crippen LogP contribution in [0.25, 0.3) is 0 Å². The molecule has 5 heteroatoms. The number of aliphatic hydroxyl groups is 3. The summed E-state index contributed by atoms with van der Waals surface area (Å²) in [5.41, 5.74) is 5.24.